The van der Waals surface area contributed by atoms with Crippen LogP contribution in [-0.4, -0.2) is 19.9 Å². The van der Waals surface area contributed by atoms with Crippen LogP contribution in [0.25, 0.3) is 44.5 Å². The fourth-order valence-electron chi connectivity index (χ4n) is 5.51. The predicted molar refractivity (Wildman–Crippen MR) is 157 cm³/mol. The first-order valence-electron chi connectivity index (χ1n) is 13.1. The SMILES string of the molecule is Cc1cc(-c2cc(-c3cc(C)nc(C)c3)c(-c3cc(C)nc(C)c3)cc2-c2cc(C)nc(C)c2)cc(C)n1. The van der Waals surface area contributed by atoms with E-state index in [9.17, 15) is 0 Å². The van der Waals surface area contributed by atoms with E-state index in [2.05, 4.69) is 136 Å². The second-order valence-electron chi connectivity index (χ2n) is 10.5. The van der Waals surface area contributed by atoms with E-state index in [1.54, 1.807) is 0 Å². The van der Waals surface area contributed by atoms with Crippen LogP contribution in [0.1, 0.15) is 45.6 Å². The zero-order chi connectivity index (χ0) is 27.1. The molecule has 0 radical (unpaired) electrons. The molecule has 4 heteroatoms. The van der Waals surface area contributed by atoms with Gasteiger partial charge in [0.25, 0.3) is 0 Å². The van der Waals surface area contributed by atoms with Gasteiger partial charge in [0.2, 0.25) is 0 Å². The zero-order valence-corrected chi connectivity index (χ0v) is 23.6. The van der Waals surface area contributed by atoms with Crippen LogP contribution in [0.3, 0.4) is 0 Å². The molecule has 0 fully saturated rings. The fourth-order valence-corrected chi connectivity index (χ4v) is 5.51. The third kappa shape index (κ3) is 5.26. The molecule has 0 saturated carbocycles. The Bertz CT molecular complexity index is 1370. The molecular weight excluding hydrogens is 464 g/mol. The van der Waals surface area contributed by atoms with Gasteiger partial charge in [0.15, 0.2) is 0 Å². The largest absolute Gasteiger partial charge is 0.258 e. The van der Waals surface area contributed by atoms with Crippen LogP contribution in [0.4, 0.5) is 0 Å². The molecular formula is C34H34N4. The average Bonchev–Trinajstić information content (AvgIpc) is 2.81. The van der Waals surface area contributed by atoms with Crippen LogP contribution < -0.4 is 0 Å². The lowest BCUT2D eigenvalue weighted by molar-refractivity contribution is 1.12. The zero-order valence-electron chi connectivity index (χ0n) is 23.6. The third-order valence-electron chi connectivity index (χ3n) is 6.73. The van der Waals surface area contributed by atoms with E-state index in [1.807, 2.05) is 0 Å². The molecule has 0 aliphatic carbocycles. The number of hydrogen-bond acceptors (Lipinski definition) is 4. The molecule has 5 aromatic rings. The Labute approximate surface area is 225 Å². The van der Waals surface area contributed by atoms with Gasteiger partial charge in [0.05, 0.1) is 0 Å². The molecule has 0 unspecified atom stereocenters. The highest BCUT2D eigenvalue weighted by molar-refractivity contribution is 5.95. The summed E-state index contributed by atoms with van der Waals surface area (Å²) in [5, 5.41) is 0. The highest BCUT2D eigenvalue weighted by atomic mass is 14.7. The molecule has 38 heavy (non-hydrogen) atoms. The van der Waals surface area contributed by atoms with Crippen LogP contribution >= 0.6 is 0 Å². The second-order valence-corrected chi connectivity index (χ2v) is 10.5. The van der Waals surface area contributed by atoms with Crippen molar-refractivity contribution < 1.29 is 0 Å². The quantitative estimate of drug-likeness (QED) is 0.250. The number of rotatable bonds is 4. The fraction of sp³-hybridized carbons (Fsp3) is 0.235. The normalized spacial score (nSPS) is 11.2. The van der Waals surface area contributed by atoms with Gasteiger partial charge in [0.1, 0.15) is 0 Å². The van der Waals surface area contributed by atoms with Gasteiger partial charge in [-0.2, -0.15) is 0 Å². The van der Waals surface area contributed by atoms with E-state index in [0.29, 0.717) is 0 Å². The smallest absolute Gasteiger partial charge is 0.0382 e. The van der Waals surface area contributed by atoms with E-state index in [1.165, 1.54) is 22.3 Å². The van der Waals surface area contributed by atoms with Crippen LogP contribution in [0.15, 0.2) is 60.7 Å². The van der Waals surface area contributed by atoms with Gasteiger partial charge in [0, 0.05) is 45.6 Å². The Morgan fingerprint density at radius 3 is 0.579 bits per heavy atom. The van der Waals surface area contributed by atoms with Gasteiger partial charge < -0.3 is 0 Å². The lowest BCUT2D eigenvalue weighted by atomic mass is 9.85. The number of aromatic nitrogens is 4. The monoisotopic (exact) mass is 498 g/mol. The van der Waals surface area contributed by atoms with Gasteiger partial charge in [-0.05, 0) is 161 Å². The summed E-state index contributed by atoms with van der Waals surface area (Å²) >= 11 is 0. The highest BCUT2D eigenvalue weighted by Crippen LogP contribution is 2.43. The van der Waals surface area contributed by atoms with E-state index in [4.69, 9.17) is 0 Å². The molecule has 4 aromatic heterocycles. The van der Waals surface area contributed by atoms with Crippen LogP contribution in [0, 0.1) is 55.4 Å². The van der Waals surface area contributed by atoms with Gasteiger partial charge >= 0.3 is 0 Å². The number of pyridine rings is 4. The van der Waals surface area contributed by atoms with Gasteiger partial charge in [-0.15, -0.1) is 0 Å². The lowest BCUT2D eigenvalue weighted by Crippen LogP contribution is -1.98. The molecule has 4 heterocycles. The Kier molecular flexibility index (Phi) is 6.66. The Hall–Kier alpha value is -4.18. The second kappa shape index (κ2) is 9.94. The van der Waals surface area contributed by atoms with Crippen molar-refractivity contribution in [1.82, 2.24) is 19.9 Å². The van der Waals surface area contributed by atoms with Gasteiger partial charge in [-0.1, -0.05) is 0 Å². The standard InChI is InChI=1S/C34H34N4/c1-19-9-27(10-20(2)35-19)31-17-33(29-13-23(5)37-24(6)14-29)34(30-15-25(7)38-26(8)16-30)18-32(31)28-11-21(3)36-22(4)12-28/h9-18H,1-8H3. The average molecular weight is 499 g/mol. The van der Waals surface area contributed by atoms with Crippen molar-refractivity contribution in [2.45, 2.75) is 55.4 Å². The molecule has 0 atom stereocenters. The number of aryl methyl sites for hydroxylation is 8. The van der Waals surface area contributed by atoms with Crippen molar-refractivity contribution in [2.75, 3.05) is 0 Å². The van der Waals surface area contributed by atoms with E-state index in [-0.39, 0.29) is 0 Å². The topological polar surface area (TPSA) is 51.6 Å². The predicted octanol–water partition coefficient (Wildman–Crippen LogP) is 8.40. The molecule has 0 saturated heterocycles. The van der Waals surface area contributed by atoms with Crippen molar-refractivity contribution in [3.63, 3.8) is 0 Å². The van der Waals surface area contributed by atoms with Crippen molar-refractivity contribution in [3.05, 3.63) is 106 Å². The summed E-state index contributed by atoms with van der Waals surface area (Å²) in [5.41, 5.74) is 17.4. The molecule has 0 aliphatic rings. The Morgan fingerprint density at radius 1 is 0.263 bits per heavy atom. The maximum absolute atomic E-state index is 4.65. The molecule has 0 N–H and O–H groups in total. The number of hydrogen-bond donors (Lipinski definition) is 0. The van der Waals surface area contributed by atoms with Crippen molar-refractivity contribution in [1.29, 1.82) is 0 Å². The van der Waals surface area contributed by atoms with Crippen molar-refractivity contribution >= 4 is 0 Å². The molecule has 1 aromatic carbocycles. The minimum Gasteiger partial charge on any atom is -0.258 e. The van der Waals surface area contributed by atoms with Gasteiger partial charge in [-0.25, -0.2) is 0 Å². The maximum atomic E-state index is 4.65. The van der Waals surface area contributed by atoms with E-state index >= 15 is 0 Å². The van der Waals surface area contributed by atoms with Crippen molar-refractivity contribution in [2.24, 2.45) is 0 Å². The van der Waals surface area contributed by atoms with E-state index in [0.717, 1.165) is 67.8 Å². The molecule has 4 nitrogen and oxygen atoms in total. The van der Waals surface area contributed by atoms with Crippen LogP contribution in [0.2, 0.25) is 0 Å². The summed E-state index contributed by atoms with van der Waals surface area (Å²) in [5.74, 6) is 0. The minimum atomic E-state index is 1.01. The summed E-state index contributed by atoms with van der Waals surface area (Å²) in [6, 6.07) is 22.1. The summed E-state index contributed by atoms with van der Waals surface area (Å²) < 4.78 is 0. The lowest BCUT2D eigenvalue weighted by Gasteiger charge is -2.20. The number of benzene rings is 1. The molecule has 0 spiro atoms. The molecule has 5 rings (SSSR count). The summed E-state index contributed by atoms with van der Waals surface area (Å²) in [7, 11) is 0. The molecule has 0 aliphatic heterocycles. The third-order valence-corrected chi connectivity index (χ3v) is 6.73. The minimum absolute atomic E-state index is 1.01. The van der Waals surface area contributed by atoms with Gasteiger partial charge in [-0.3, -0.25) is 19.9 Å². The first kappa shape index (κ1) is 25.5. The van der Waals surface area contributed by atoms with Crippen LogP contribution in [-0.2, 0) is 0 Å². The molecule has 190 valence electrons. The Balaban J connectivity index is 1.93. The highest BCUT2D eigenvalue weighted by Gasteiger charge is 2.18. The van der Waals surface area contributed by atoms with Crippen molar-refractivity contribution in [3.8, 4) is 44.5 Å². The van der Waals surface area contributed by atoms with E-state index < -0.39 is 0 Å². The number of nitrogens with zero attached hydrogens (tertiary/aromatic N) is 4. The maximum Gasteiger partial charge on any atom is 0.0382 e. The molecule has 0 bridgehead atoms. The summed E-state index contributed by atoms with van der Waals surface area (Å²) in [6.45, 7) is 16.5. The summed E-state index contributed by atoms with van der Waals surface area (Å²) in [6.07, 6.45) is 0. The molecule has 0 amide bonds. The summed E-state index contributed by atoms with van der Waals surface area (Å²) in [4.78, 5) is 18.6. The first-order chi connectivity index (χ1) is 18.0. The Morgan fingerprint density at radius 2 is 0.421 bits per heavy atom. The van der Waals surface area contributed by atoms with Crippen LogP contribution in [0.5, 0.6) is 0 Å². The first-order valence-corrected chi connectivity index (χ1v) is 13.1.